The van der Waals surface area contributed by atoms with Gasteiger partial charge in [0.25, 0.3) is 5.91 Å². The first kappa shape index (κ1) is 21.8. The van der Waals surface area contributed by atoms with Gasteiger partial charge in [-0.15, -0.1) is 0 Å². The van der Waals surface area contributed by atoms with Crippen molar-refractivity contribution in [2.24, 2.45) is 0 Å². The zero-order valence-electron chi connectivity index (χ0n) is 16.6. The Morgan fingerprint density at radius 3 is 2.18 bits per heavy atom. The summed E-state index contributed by atoms with van der Waals surface area (Å²) in [5.41, 5.74) is 2.10. The predicted molar refractivity (Wildman–Crippen MR) is 111 cm³/mol. The predicted octanol–water partition coefficient (Wildman–Crippen LogP) is 3.83. The molecule has 0 saturated carbocycles. The third-order valence-electron chi connectivity index (χ3n) is 4.59. The van der Waals surface area contributed by atoms with Crippen molar-refractivity contribution >= 4 is 23.4 Å². The van der Waals surface area contributed by atoms with Crippen LogP contribution in [-0.2, 0) is 22.6 Å². The lowest BCUT2D eigenvalue weighted by molar-refractivity contribution is -0.142. The number of hydrogen-bond donors (Lipinski definition) is 1. The highest BCUT2D eigenvalue weighted by molar-refractivity contribution is 6.30. The second kappa shape index (κ2) is 10.7. The van der Waals surface area contributed by atoms with E-state index in [0.29, 0.717) is 23.7 Å². The number of rotatable bonds is 9. The molecule has 2 rings (SSSR count). The Balaban J connectivity index is 2.14. The molecule has 2 amide bonds. The number of likely N-dealkylation sites (N-methyl/N-ethyl adjacent to an activating group) is 1. The van der Waals surface area contributed by atoms with Crippen LogP contribution in [0.2, 0.25) is 5.02 Å². The molecule has 0 aliphatic rings. The lowest BCUT2D eigenvalue weighted by atomic mass is 10.1. The number of ether oxygens (including phenoxy) is 1. The average Bonchev–Trinajstić information content (AvgIpc) is 2.73. The lowest BCUT2D eigenvalue weighted by Crippen LogP contribution is -2.49. The van der Waals surface area contributed by atoms with Crippen LogP contribution in [-0.4, -0.2) is 36.4 Å². The number of carbonyl (C=O) groups is 2. The van der Waals surface area contributed by atoms with Crippen molar-refractivity contribution < 1.29 is 14.3 Å². The standard InChI is InChI=1S/C22H27ClN2O3/c1-4-16-8-12-19(13-9-16)28-15-21(26)25(20(5-2)22(27)24-3)14-17-6-10-18(23)11-7-17/h6-13,20H,4-5,14-15H2,1-3H3,(H,24,27)/t20-/m0/s1. The molecule has 0 bridgehead atoms. The molecular weight excluding hydrogens is 376 g/mol. The minimum Gasteiger partial charge on any atom is -0.484 e. The number of amides is 2. The van der Waals surface area contributed by atoms with Gasteiger partial charge in [-0.05, 0) is 48.2 Å². The quantitative estimate of drug-likeness (QED) is 0.693. The van der Waals surface area contributed by atoms with Crippen molar-refractivity contribution in [1.82, 2.24) is 10.2 Å². The fourth-order valence-electron chi connectivity index (χ4n) is 2.92. The smallest absolute Gasteiger partial charge is 0.261 e. The summed E-state index contributed by atoms with van der Waals surface area (Å²) < 4.78 is 5.67. The van der Waals surface area contributed by atoms with Crippen LogP contribution in [0, 0.1) is 0 Å². The number of nitrogens with one attached hydrogen (secondary N) is 1. The number of aryl methyl sites for hydroxylation is 1. The third kappa shape index (κ3) is 5.99. The van der Waals surface area contributed by atoms with E-state index in [1.54, 1.807) is 24.1 Å². The molecule has 0 unspecified atom stereocenters. The van der Waals surface area contributed by atoms with Crippen LogP contribution in [0.5, 0.6) is 5.75 Å². The summed E-state index contributed by atoms with van der Waals surface area (Å²) in [5.74, 6) is 0.187. The molecule has 0 spiro atoms. The van der Waals surface area contributed by atoms with E-state index < -0.39 is 6.04 Å². The van der Waals surface area contributed by atoms with Crippen molar-refractivity contribution in [3.8, 4) is 5.75 Å². The Morgan fingerprint density at radius 2 is 1.64 bits per heavy atom. The molecule has 0 fully saturated rings. The Kier molecular flexibility index (Phi) is 8.33. The van der Waals surface area contributed by atoms with Crippen molar-refractivity contribution in [3.63, 3.8) is 0 Å². The minimum absolute atomic E-state index is 0.132. The summed E-state index contributed by atoms with van der Waals surface area (Å²) in [6.45, 7) is 4.14. The van der Waals surface area contributed by atoms with Crippen LogP contribution in [0.4, 0.5) is 0 Å². The minimum atomic E-state index is -0.570. The van der Waals surface area contributed by atoms with E-state index in [0.717, 1.165) is 12.0 Å². The van der Waals surface area contributed by atoms with E-state index in [-0.39, 0.29) is 18.4 Å². The molecule has 150 valence electrons. The van der Waals surface area contributed by atoms with Gasteiger partial charge in [0, 0.05) is 18.6 Å². The molecule has 0 aliphatic heterocycles. The normalized spacial score (nSPS) is 11.6. The van der Waals surface area contributed by atoms with E-state index >= 15 is 0 Å². The monoisotopic (exact) mass is 402 g/mol. The van der Waals surface area contributed by atoms with E-state index in [4.69, 9.17) is 16.3 Å². The number of carbonyl (C=O) groups excluding carboxylic acids is 2. The van der Waals surface area contributed by atoms with E-state index in [1.807, 2.05) is 43.3 Å². The van der Waals surface area contributed by atoms with Crippen LogP contribution < -0.4 is 10.1 Å². The molecule has 0 heterocycles. The molecule has 0 aromatic heterocycles. The van der Waals surface area contributed by atoms with Crippen molar-refractivity contribution in [2.75, 3.05) is 13.7 Å². The van der Waals surface area contributed by atoms with Gasteiger partial charge >= 0.3 is 0 Å². The Morgan fingerprint density at radius 1 is 1.04 bits per heavy atom. The Hall–Kier alpha value is -2.53. The SMILES string of the molecule is CCc1ccc(OCC(=O)N(Cc2ccc(Cl)cc2)[C@@H](CC)C(=O)NC)cc1. The number of benzene rings is 2. The zero-order valence-corrected chi connectivity index (χ0v) is 17.3. The van der Waals surface area contributed by atoms with Crippen LogP contribution in [0.25, 0.3) is 0 Å². The summed E-state index contributed by atoms with van der Waals surface area (Å²) in [6, 6.07) is 14.3. The maximum atomic E-state index is 12.9. The number of nitrogens with zero attached hydrogens (tertiary/aromatic N) is 1. The molecular formula is C22H27ClN2O3. The van der Waals surface area contributed by atoms with Crippen molar-refractivity contribution in [1.29, 1.82) is 0 Å². The van der Waals surface area contributed by atoms with E-state index in [9.17, 15) is 9.59 Å². The second-order valence-corrected chi connectivity index (χ2v) is 6.91. The summed E-state index contributed by atoms with van der Waals surface area (Å²) in [6.07, 6.45) is 1.45. The van der Waals surface area contributed by atoms with Crippen LogP contribution >= 0.6 is 11.6 Å². The molecule has 2 aromatic carbocycles. The highest BCUT2D eigenvalue weighted by atomic mass is 35.5. The fourth-order valence-corrected chi connectivity index (χ4v) is 3.05. The number of hydrogen-bond acceptors (Lipinski definition) is 3. The van der Waals surface area contributed by atoms with Crippen LogP contribution in [0.3, 0.4) is 0 Å². The molecule has 1 atom stereocenters. The molecule has 0 radical (unpaired) electrons. The number of halogens is 1. The van der Waals surface area contributed by atoms with E-state index in [2.05, 4.69) is 12.2 Å². The largest absolute Gasteiger partial charge is 0.484 e. The topological polar surface area (TPSA) is 58.6 Å². The van der Waals surface area contributed by atoms with Gasteiger partial charge in [-0.1, -0.05) is 49.7 Å². The summed E-state index contributed by atoms with van der Waals surface area (Å²) >= 11 is 5.95. The van der Waals surface area contributed by atoms with Crippen LogP contribution in [0.15, 0.2) is 48.5 Å². The first-order chi connectivity index (χ1) is 13.5. The van der Waals surface area contributed by atoms with Gasteiger partial charge in [-0.25, -0.2) is 0 Å². The molecule has 0 saturated heterocycles. The highest BCUT2D eigenvalue weighted by Gasteiger charge is 2.28. The van der Waals surface area contributed by atoms with Gasteiger partial charge in [0.2, 0.25) is 5.91 Å². The summed E-state index contributed by atoms with van der Waals surface area (Å²) in [5, 5.41) is 3.26. The first-order valence-corrected chi connectivity index (χ1v) is 9.83. The van der Waals surface area contributed by atoms with Gasteiger partial charge in [0.1, 0.15) is 11.8 Å². The lowest BCUT2D eigenvalue weighted by Gasteiger charge is -2.30. The van der Waals surface area contributed by atoms with Crippen molar-refractivity contribution in [2.45, 2.75) is 39.3 Å². The second-order valence-electron chi connectivity index (χ2n) is 6.47. The first-order valence-electron chi connectivity index (χ1n) is 9.45. The molecule has 28 heavy (non-hydrogen) atoms. The van der Waals surface area contributed by atoms with Gasteiger partial charge in [-0.2, -0.15) is 0 Å². The summed E-state index contributed by atoms with van der Waals surface area (Å²) in [4.78, 5) is 26.8. The van der Waals surface area contributed by atoms with Crippen molar-refractivity contribution in [3.05, 3.63) is 64.7 Å². The van der Waals surface area contributed by atoms with Gasteiger partial charge in [0.05, 0.1) is 0 Å². The molecule has 0 aliphatic carbocycles. The molecule has 2 aromatic rings. The fraction of sp³-hybridized carbons (Fsp3) is 0.364. The Labute approximate surface area is 171 Å². The van der Waals surface area contributed by atoms with Gasteiger partial charge in [-0.3, -0.25) is 9.59 Å². The molecule has 1 N–H and O–H groups in total. The van der Waals surface area contributed by atoms with E-state index in [1.165, 1.54) is 5.56 Å². The highest BCUT2D eigenvalue weighted by Crippen LogP contribution is 2.17. The van der Waals surface area contributed by atoms with Gasteiger partial charge in [0.15, 0.2) is 6.61 Å². The molecule has 5 nitrogen and oxygen atoms in total. The van der Waals surface area contributed by atoms with Gasteiger partial charge < -0.3 is 15.0 Å². The third-order valence-corrected chi connectivity index (χ3v) is 4.84. The zero-order chi connectivity index (χ0) is 20.5. The van der Waals surface area contributed by atoms with Crippen LogP contribution in [0.1, 0.15) is 31.4 Å². The average molecular weight is 403 g/mol. The summed E-state index contributed by atoms with van der Waals surface area (Å²) in [7, 11) is 1.57. The molecule has 6 heteroatoms. The maximum Gasteiger partial charge on any atom is 0.261 e. The maximum absolute atomic E-state index is 12.9. The Bertz CT molecular complexity index is 775.